The fourth-order valence-electron chi connectivity index (χ4n) is 5.31. The van der Waals surface area contributed by atoms with Crippen LogP contribution in [0.1, 0.15) is 54.0 Å². The van der Waals surface area contributed by atoms with Gasteiger partial charge in [-0.3, -0.25) is 9.78 Å². The number of carbonyl (C=O) groups is 1. The van der Waals surface area contributed by atoms with Gasteiger partial charge in [0.1, 0.15) is 6.07 Å². The summed E-state index contributed by atoms with van der Waals surface area (Å²) in [4.78, 5) is 24.2. The number of fused-ring (bicyclic) bond motifs is 1. The van der Waals surface area contributed by atoms with Crippen LogP contribution in [0.5, 0.6) is 0 Å². The third-order valence-corrected chi connectivity index (χ3v) is 7.75. The highest BCUT2D eigenvalue weighted by Crippen LogP contribution is 2.31. The number of hydrogen-bond donors (Lipinski definition) is 2. The number of amides is 1. The van der Waals surface area contributed by atoms with E-state index in [0.717, 1.165) is 70.7 Å². The molecular weight excluding hydrogens is 496 g/mol. The second kappa shape index (κ2) is 12.6. The van der Waals surface area contributed by atoms with Crippen LogP contribution in [-0.2, 0) is 11.3 Å². The van der Waals surface area contributed by atoms with Crippen molar-refractivity contribution in [2.45, 2.75) is 39.7 Å². The van der Waals surface area contributed by atoms with Crippen LogP contribution < -0.4 is 5.32 Å². The molecule has 0 atom stereocenters. The summed E-state index contributed by atoms with van der Waals surface area (Å²) >= 11 is 0. The molecule has 4 aromatic rings. The number of aromatic amines is 1. The Hall–Kier alpha value is -4.41. The number of anilines is 2. The maximum Gasteiger partial charge on any atom is 0.219 e. The fourth-order valence-corrected chi connectivity index (χ4v) is 5.31. The van der Waals surface area contributed by atoms with Crippen molar-refractivity contribution in [2.75, 3.05) is 31.5 Å². The predicted octanol–water partition coefficient (Wildman–Crippen LogP) is 6.49. The number of hydrogen-bond acceptors (Lipinski definition) is 5. The van der Waals surface area contributed by atoms with Gasteiger partial charge in [-0.25, -0.2) is 0 Å². The van der Waals surface area contributed by atoms with Gasteiger partial charge in [-0.15, -0.1) is 0 Å². The molecule has 1 fully saturated rings. The molecule has 5 rings (SSSR count). The molecule has 1 aliphatic rings. The van der Waals surface area contributed by atoms with E-state index in [2.05, 4.69) is 63.5 Å². The zero-order valence-electron chi connectivity index (χ0n) is 23.3. The highest BCUT2D eigenvalue weighted by Gasteiger charge is 2.15. The molecule has 0 bridgehead atoms. The minimum absolute atomic E-state index is 0.108. The van der Waals surface area contributed by atoms with Gasteiger partial charge in [-0.05, 0) is 67.7 Å². The van der Waals surface area contributed by atoms with Crippen LogP contribution in [0.4, 0.5) is 11.4 Å². The van der Waals surface area contributed by atoms with Crippen molar-refractivity contribution in [3.05, 3.63) is 88.9 Å². The minimum atomic E-state index is 0.108. The summed E-state index contributed by atoms with van der Waals surface area (Å²) in [5.41, 5.74) is 7.33. The number of likely N-dealkylation sites (tertiary alicyclic amines) is 1. The van der Waals surface area contributed by atoms with E-state index < -0.39 is 0 Å². The highest BCUT2D eigenvalue weighted by atomic mass is 16.2. The molecule has 2 aromatic heterocycles. The predicted molar refractivity (Wildman–Crippen MR) is 162 cm³/mol. The summed E-state index contributed by atoms with van der Waals surface area (Å²) in [7, 11) is 0. The highest BCUT2D eigenvalue weighted by molar-refractivity contribution is 5.90. The van der Waals surface area contributed by atoms with Crippen LogP contribution in [-0.4, -0.2) is 51.9 Å². The standard InChI is InChI=1S/C33H36N6O/c1-24-30-14-15-36-32(30)13-12-31(24)37-33-28(21-35-22-29(33)20-34)11-10-26-6-8-27(9-7-26)23-39(25(2)40)19-18-38-16-4-3-5-17-38/h6-15,21-22,36H,3-5,16-19,23H2,1-2H3,(H,35,37)/b11-10+. The van der Waals surface area contributed by atoms with E-state index in [9.17, 15) is 10.1 Å². The maximum absolute atomic E-state index is 12.3. The van der Waals surface area contributed by atoms with Crippen molar-refractivity contribution in [1.82, 2.24) is 19.8 Å². The molecule has 2 N–H and O–H groups in total. The van der Waals surface area contributed by atoms with Crippen molar-refractivity contribution in [3.8, 4) is 6.07 Å². The van der Waals surface area contributed by atoms with Crippen molar-refractivity contribution in [3.63, 3.8) is 0 Å². The van der Waals surface area contributed by atoms with Gasteiger partial charge in [0.2, 0.25) is 5.91 Å². The third kappa shape index (κ3) is 6.41. The van der Waals surface area contributed by atoms with Gasteiger partial charge in [0.15, 0.2) is 0 Å². The molecule has 0 radical (unpaired) electrons. The van der Waals surface area contributed by atoms with Crippen molar-refractivity contribution in [1.29, 1.82) is 5.26 Å². The Bertz CT molecular complexity index is 1540. The molecule has 1 saturated heterocycles. The quantitative estimate of drug-likeness (QED) is 0.257. The number of piperidine rings is 1. The Morgan fingerprint density at radius 3 is 2.65 bits per heavy atom. The largest absolute Gasteiger partial charge is 0.361 e. The Kier molecular flexibility index (Phi) is 8.58. The van der Waals surface area contributed by atoms with E-state index in [1.807, 2.05) is 35.4 Å². The Morgan fingerprint density at radius 1 is 1.10 bits per heavy atom. The summed E-state index contributed by atoms with van der Waals surface area (Å²) in [6.07, 6.45) is 13.1. The number of aromatic nitrogens is 2. The summed E-state index contributed by atoms with van der Waals surface area (Å²) in [5.74, 6) is 0.108. The van der Waals surface area contributed by atoms with Crippen LogP contribution in [0.25, 0.3) is 23.1 Å². The summed E-state index contributed by atoms with van der Waals surface area (Å²) in [6, 6.07) is 16.7. The number of benzene rings is 2. The van der Waals surface area contributed by atoms with Crippen molar-refractivity contribution >= 4 is 40.3 Å². The molecule has 7 nitrogen and oxygen atoms in total. The van der Waals surface area contributed by atoms with Gasteiger partial charge >= 0.3 is 0 Å². The molecule has 0 spiro atoms. The van der Waals surface area contributed by atoms with Gasteiger partial charge < -0.3 is 20.1 Å². The molecule has 3 heterocycles. The summed E-state index contributed by atoms with van der Waals surface area (Å²) in [6.45, 7) is 8.30. The van der Waals surface area contributed by atoms with Gasteiger partial charge in [0, 0.05) is 67.3 Å². The van der Waals surface area contributed by atoms with Crippen molar-refractivity contribution in [2.24, 2.45) is 0 Å². The molecule has 0 saturated carbocycles. The lowest BCUT2D eigenvalue weighted by molar-refractivity contribution is -0.129. The average molecular weight is 533 g/mol. The smallest absolute Gasteiger partial charge is 0.219 e. The van der Waals surface area contributed by atoms with E-state index in [4.69, 9.17) is 0 Å². The van der Waals surface area contributed by atoms with Gasteiger partial charge in [0.05, 0.1) is 11.3 Å². The third-order valence-electron chi connectivity index (χ3n) is 7.75. The minimum Gasteiger partial charge on any atom is -0.361 e. The molecule has 1 amide bonds. The van der Waals surface area contributed by atoms with E-state index in [-0.39, 0.29) is 5.91 Å². The Labute approximate surface area is 236 Å². The zero-order chi connectivity index (χ0) is 27.9. The topological polar surface area (TPSA) is 88.1 Å². The lowest BCUT2D eigenvalue weighted by atomic mass is 10.1. The number of pyridine rings is 1. The first kappa shape index (κ1) is 27.2. The zero-order valence-corrected chi connectivity index (χ0v) is 23.3. The Balaban J connectivity index is 1.29. The normalized spacial score (nSPS) is 13.9. The maximum atomic E-state index is 12.3. The molecule has 2 aromatic carbocycles. The first-order valence-electron chi connectivity index (χ1n) is 14.0. The number of rotatable bonds is 9. The van der Waals surface area contributed by atoms with Gasteiger partial charge in [-0.2, -0.15) is 5.26 Å². The molecule has 204 valence electrons. The van der Waals surface area contributed by atoms with Gasteiger partial charge in [0.25, 0.3) is 0 Å². The lowest BCUT2D eigenvalue weighted by Gasteiger charge is -2.29. The fraction of sp³-hybridized carbons (Fsp3) is 0.303. The summed E-state index contributed by atoms with van der Waals surface area (Å²) < 4.78 is 0. The summed E-state index contributed by atoms with van der Waals surface area (Å²) in [5, 5.41) is 14.4. The molecule has 1 aliphatic heterocycles. The first-order valence-corrected chi connectivity index (χ1v) is 14.0. The monoisotopic (exact) mass is 532 g/mol. The number of nitrogens with one attached hydrogen (secondary N) is 2. The number of aryl methyl sites for hydroxylation is 1. The molecular formula is C33H36N6O. The van der Waals surface area contributed by atoms with E-state index >= 15 is 0 Å². The number of carbonyl (C=O) groups excluding carboxylic acids is 1. The van der Waals surface area contributed by atoms with E-state index in [1.165, 1.54) is 19.3 Å². The second-order valence-corrected chi connectivity index (χ2v) is 10.5. The van der Waals surface area contributed by atoms with Crippen LogP contribution in [0.15, 0.2) is 61.1 Å². The van der Waals surface area contributed by atoms with Crippen LogP contribution in [0.3, 0.4) is 0 Å². The van der Waals surface area contributed by atoms with Crippen LogP contribution in [0.2, 0.25) is 0 Å². The average Bonchev–Trinajstić information content (AvgIpc) is 3.47. The van der Waals surface area contributed by atoms with Crippen LogP contribution in [0, 0.1) is 18.3 Å². The molecule has 0 aliphatic carbocycles. The number of nitrogens with zero attached hydrogens (tertiary/aromatic N) is 4. The first-order chi connectivity index (χ1) is 19.5. The van der Waals surface area contributed by atoms with E-state index in [0.29, 0.717) is 12.1 Å². The molecule has 0 unspecified atom stereocenters. The second-order valence-electron chi connectivity index (χ2n) is 10.5. The lowest BCUT2D eigenvalue weighted by Crippen LogP contribution is -2.39. The molecule has 7 heteroatoms. The van der Waals surface area contributed by atoms with Crippen LogP contribution >= 0.6 is 0 Å². The Morgan fingerprint density at radius 2 is 1.90 bits per heavy atom. The van der Waals surface area contributed by atoms with Crippen molar-refractivity contribution < 1.29 is 4.79 Å². The molecule has 40 heavy (non-hydrogen) atoms. The van der Waals surface area contributed by atoms with Gasteiger partial charge in [-0.1, -0.05) is 42.8 Å². The number of H-pyrrole nitrogens is 1. The SMILES string of the molecule is CC(=O)N(CCN1CCCCC1)Cc1ccc(/C=C/c2cncc(C#N)c2Nc2ccc3[nH]ccc3c2C)cc1. The van der Waals surface area contributed by atoms with E-state index in [1.54, 1.807) is 19.3 Å². The number of nitriles is 1.